The number of hydrogen-bond donors (Lipinski definition) is 2. The standard InChI is InChI=1S/2C18H15BrFN3O2/c1-25-10-23-16(11-5-7-12(20)8-6-11)9-15(22-23)17-13(18(21)24)3-2-4-14(17)19;1-25-10-23-16(17-13(18(21)24)3-2-4-14(17)19)9-15(22-23)11-5-7-12(20)8-6-11/h2*2-9H,10H2,1H3,(H2,21,24). The van der Waals surface area contributed by atoms with Crippen LogP contribution in [0.1, 0.15) is 20.7 Å². The zero-order chi connectivity index (χ0) is 35.9. The number of aromatic nitrogens is 4. The van der Waals surface area contributed by atoms with Crippen LogP contribution in [0.25, 0.3) is 45.0 Å². The maximum absolute atomic E-state index is 13.2. The minimum absolute atomic E-state index is 0.191. The van der Waals surface area contributed by atoms with Gasteiger partial charge in [0.2, 0.25) is 11.8 Å². The van der Waals surface area contributed by atoms with E-state index in [2.05, 4.69) is 42.1 Å². The van der Waals surface area contributed by atoms with Gasteiger partial charge in [-0.1, -0.05) is 44.0 Å². The summed E-state index contributed by atoms with van der Waals surface area (Å²) in [6.45, 7) is 0.402. The van der Waals surface area contributed by atoms with Crippen LogP contribution in [0.4, 0.5) is 8.78 Å². The van der Waals surface area contributed by atoms with Crippen LogP contribution in [0.5, 0.6) is 0 Å². The van der Waals surface area contributed by atoms with Crippen molar-refractivity contribution in [2.75, 3.05) is 14.2 Å². The van der Waals surface area contributed by atoms with Crippen molar-refractivity contribution in [1.29, 1.82) is 0 Å². The summed E-state index contributed by atoms with van der Waals surface area (Å²) in [7, 11) is 3.11. The summed E-state index contributed by atoms with van der Waals surface area (Å²) in [6, 6.07) is 26.2. The van der Waals surface area contributed by atoms with Crippen molar-refractivity contribution in [2.24, 2.45) is 11.5 Å². The van der Waals surface area contributed by atoms with E-state index < -0.39 is 11.8 Å². The highest BCUT2D eigenvalue weighted by Crippen LogP contribution is 2.35. The van der Waals surface area contributed by atoms with Gasteiger partial charge in [-0.05, 0) is 84.9 Å². The van der Waals surface area contributed by atoms with Crippen molar-refractivity contribution in [2.45, 2.75) is 13.5 Å². The van der Waals surface area contributed by atoms with Crippen molar-refractivity contribution < 1.29 is 27.8 Å². The number of rotatable bonds is 10. The first-order chi connectivity index (χ1) is 24.0. The number of hydrogen-bond acceptors (Lipinski definition) is 6. The summed E-state index contributed by atoms with van der Waals surface area (Å²) in [6.07, 6.45) is 0. The van der Waals surface area contributed by atoms with Gasteiger partial charge in [-0.25, -0.2) is 18.1 Å². The van der Waals surface area contributed by atoms with E-state index in [4.69, 9.17) is 20.9 Å². The molecule has 4 aromatic carbocycles. The van der Waals surface area contributed by atoms with Crippen LogP contribution in [0.2, 0.25) is 0 Å². The second-order valence-electron chi connectivity index (χ2n) is 10.7. The molecule has 14 heteroatoms. The molecule has 0 saturated heterocycles. The average molecular weight is 808 g/mol. The number of amides is 2. The van der Waals surface area contributed by atoms with E-state index in [1.165, 1.54) is 24.3 Å². The molecular weight excluding hydrogens is 778 g/mol. The van der Waals surface area contributed by atoms with Crippen LogP contribution in [-0.2, 0) is 22.9 Å². The highest BCUT2D eigenvalue weighted by atomic mass is 79.9. The van der Waals surface area contributed by atoms with Gasteiger partial charge in [-0.15, -0.1) is 0 Å². The van der Waals surface area contributed by atoms with E-state index in [9.17, 15) is 18.4 Å². The van der Waals surface area contributed by atoms with Gasteiger partial charge >= 0.3 is 0 Å². The first-order valence-electron chi connectivity index (χ1n) is 14.8. The molecule has 0 saturated carbocycles. The molecule has 0 bridgehead atoms. The summed E-state index contributed by atoms with van der Waals surface area (Å²) in [5.41, 5.74) is 17.1. The Morgan fingerprint density at radius 2 is 1.08 bits per heavy atom. The lowest BCUT2D eigenvalue weighted by molar-refractivity contribution is 0.0992. The normalized spacial score (nSPS) is 10.8. The van der Waals surface area contributed by atoms with Gasteiger partial charge in [-0.2, -0.15) is 10.2 Å². The summed E-state index contributed by atoms with van der Waals surface area (Å²) >= 11 is 6.93. The lowest BCUT2D eigenvalue weighted by Crippen LogP contribution is -2.14. The van der Waals surface area contributed by atoms with Gasteiger partial charge in [0, 0.05) is 56.5 Å². The van der Waals surface area contributed by atoms with Gasteiger partial charge in [0.1, 0.15) is 25.1 Å². The largest absolute Gasteiger partial charge is 0.366 e. The number of methoxy groups -OCH3 is 2. The second kappa shape index (κ2) is 16.1. The van der Waals surface area contributed by atoms with E-state index in [1.54, 1.807) is 72.1 Å². The molecule has 6 aromatic rings. The Morgan fingerprint density at radius 3 is 1.60 bits per heavy atom. The number of carbonyl (C=O) groups is 2. The molecule has 50 heavy (non-hydrogen) atoms. The highest BCUT2D eigenvalue weighted by Gasteiger charge is 2.21. The highest BCUT2D eigenvalue weighted by molar-refractivity contribution is 9.11. The Morgan fingerprint density at radius 1 is 0.640 bits per heavy atom. The van der Waals surface area contributed by atoms with Crippen molar-refractivity contribution in [3.05, 3.63) is 129 Å². The molecular formula is C36H30Br2F2N6O4. The molecule has 0 unspecified atom stereocenters. The third kappa shape index (κ3) is 8.05. The number of nitrogens with zero attached hydrogens (tertiary/aromatic N) is 4. The second-order valence-corrected chi connectivity index (χ2v) is 12.4. The molecule has 10 nitrogen and oxygen atoms in total. The molecule has 0 aliphatic rings. The van der Waals surface area contributed by atoms with E-state index in [-0.39, 0.29) is 25.1 Å². The van der Waals surface area contributed by atoms with Crippen molar-refractivity contribution in [3.8, 4) is 45.0 Å². The number of primary amides is 2. The number of ether oxygens (including phenoxy) is 2. The quantitative estimate of drug-likeness (QED) is 0.146. The molecule has 6 rings (SSSR count). The molecule has 2 amide bonds. The zero-order valence-electron chi connectivity index (χ0n) is 26.7. The van der Waals surface area contributed by atoms with E-state index in [0.717, 1.165) is 16.8 Å². The van der Waals surface area contributed by atoms with E-state index >= 15 is 0 Å². The number of carbonyl (C=O) groups excluding carboxylic acids is 2. The monoisotopic (exact) mass is 806 g/mol. The van der Waals surface area contributed by atoms with Gasteiger partial charge < -0.3 is 20.9 Å². The third-order valence-corrected chi connectivity index (χ3v) is 8.73. The summed E-state index contributed by atoms with van der Waals surface area (Å²) in [5.74, 6) is -1.71. The Labute approximate surface area is 302 Å². The molecule has 0 aliphatic heterocycles. The topological polar surface area (TPSA) is 140 Å². The summed E-state index contributed by atoms with van der Waals surface area (Å²) < 4.78 is 41.5. The van der Waals surface area contributed by atoms with Crippen molar-refractivity contribution in [1.82, 2.24) is 19.6 Å². The first kappa shape index (κ1) is 36.3. The van der Waals surface area contributed by atoms with Crippen LogP contribution in [-0.4, -0.2) is 45.6 Å². The zero-order valence-corrected chi connectivity index (χ0v) is 29.9. The molecule has 2 aromatic heterocycles. The van der Waals surface area contributed by atoms with Gasteiger partial charge in [0.25, 0.3) is 0 Å². The fraction of sp³-hybridized carbons (Fsp3) is 0.111. The van der Waals surface area contributed by atoms with Gasteiger partial charge in [0.05, 0.1) is 22.8 Å². The van der Waals surface area contributed by atoms with Crippen LogP contribution < -0.4 is 11.5 Å². The minimum atomic E-state index is -0.541. The smallest absolute Gasteiger partial charge is 0.249 e. The Hall–Kier alpha value is -5.02. The maximum Gasteiger partial charge on any atom is 0.249 e. The minimum Gasteiger partial charge on any atom is -0.366 e. The lowest BCUT2D eigenvalue weighted by Gasteiger charge is -2.11. The Balaban J connectivity index is 0.000000194. The van der Waals surface area contributed by atoms with Crippen molar-refractivity contribution >= 4 is 43.7 Å². The molecule has 2 heterocycles. The fourth-order valence-electron chi connectivity index (χ4n) is 5.19. The summed E-state index contributed by atoms with van der Waals surface area (Å²) in [5, 5.41) is 9.05. The lowest BCUT2D eigenvalue weighted by atomic mass is 10.0. The predicted octanol–water partition coefficient (Wildman–Crippen LogP) is 7.64. The molecule has 0 atom stereocenters. The van der Waals surface area contributed by atoms with Crippen LogP contribution >= 0.6 is 31.9 Å². The van der Waals surface area contributed by atoms with Gasteiger partial charge in [-0.3, -0.25) is 9.59 Å². The number of nitrogens with two attached hydrogens (primary N) is 2. The van der Waals surface area contributed by atoms with Crippen LogP contribution in [0, 0.1) is 11.6 Å². The fourth-order valence-corrected chi connectivity index (χ4v) is 6.33. The number of halogens is 4. The average Bonchev–Trinajstić information content (AvgIpc) is 3.70. The Bertz CT molecular complexity index is 2150. The van der Waals surface area contributed by atoms with Crippen molar-refractivity contribution in [3.63, 3.8) is 0 Å². The van der Waals surface area contributed by atoms with E-state index in [0.29, 0.717) is 48.3 Å². The molecule has 256 valence electrons. The summed E-state index contributed by atoms with van der Waals surface area (Å²) in [4.78, 5) is 23.6. The molecule has 0 aliphatic carbocycles. The van der Waals surface area contributed by atoms with Crippen LogP contribution in [0.3, 0.4) is 0 Å². The molecule has 4 N–H and O–H groups in total. The SMILES string of the molecule is COCn1nc(-c2c(Br)cccc2C(N)=O)cc1-c1ccc(F)cc1.COCn1nc(-c2ccc(F)cc2)cc1-c1c(Br)cccc1C(N)=O. The molecule has 0 fully saturated rings. The van der Waals surface area contributed by atoms with E-state index in [1.807, 2.05) is 24.3 Å². The maximum atomic E-state index is 13.2. The molecule has 0 spiro atoms. The third-order valence-electron chi connectivity index (χ3n) is 7.41. The predicted molar refractivity (Wildman–Crippen MR) is 193 cm³/mol. The molecule has 0 radical (unpaired) electrons. The number of benzene rings is 4. The van der Waals surface area contributed by atoms with Crippen LogP contribution in [0.15, 0.2) is 106 Å². The first-order valence-corrected chi connectivity index (χ1v) is 16.4. The van der Waals surface area contributed by atoms with Gasteiger partial charge in [0.15, 0.2) is 0 Å². The Kier molecular flexibility index (Phi) is 11.7.